The van der Waals surface area contributed by atoms with Gasteiger partial charge in [-0.1, -0.05) is 12.2 Å². The normalized spacial score (nSPS) is 17.8. The van der Waals surface area contributed by atoms with Gasteiger partial charge in [-0.05, 0) is 31.9 Å². The number of furan rings is 1. The smallest absolute Gasteiger partial charge is 0.322 e. The van der Waals surface area contributed by atoms with Crippen molar-refractivity contribution >= 4 is 24.2 Å². The van der Waals surface area contributed by atoms with Gasteiger partial charge in [0.2, 0.25) is 0 Å². The lowest BCUT2D eigenvalue weighted by Gasteiger charge is -2.01. The van der Waals surface area contributed by atoms with E-state index in [0.717, 1.165) is 11.3 Å². The molecule has 1 aromatic rings. The molecule has 1 unspecified atom stereocenters. The van der Waals surface area contributed by atoms with E-state index in [2.05, 4.69) is 26.2 Å². The zero-order valence-electron chi connectivity index (χ0n) is 15.0. The van der Waals surface area contributed by atoms with Crippen molar-refractivity contribution in [2.24, 2.45) is 10.1 Å². The van der Waals surface area contributed by atoms with Crippen LogP contribution in [0.15, 0.2) is 32.7 Å². The number of hydrazone groups is 1. The molecular weight excluding hydrogens is 338 g/mol. The number of ether oxygens (including phenoxy) is 1. The van der Waals surface area contributed by atoms with Crippen molar-refractivity contribution in [2.75, 3.05) is 13.7 Å². The lowest BCUT2D eigenvalue weighted by atomic mass is 10.1. The zero-order chi connectivity index (χ0) is 18.9. The van der Waals surface area contributed by atoms with Gasteiger partial charge in [0.15, 0.2) is 6.04 Å². The van der Waals surface area contributed by atoms with E-state index >= 15 is 0 Å². The van der Waals surface area contributed by atoms with Gasteiger partial charge in [0.25, 0.3) is 5.91 Å². The monoisotopic (exact) mass is 361 g/mol. The zero-order valence-corrected chi connectivity index (χ0v) is 15.0. The fourth-order valence-corrected chi connectivity index (χ4v) is 2.32. The number of imide groups is 1. The number of aliphatic imine (C=N–C) groups is 1. The largest absolute Gasteiger partial charge is 0.467 e. The number of amidine groups is 1. The first-order valence-corrected chi connectivity index (χ1v) is 8.26. The van der Waals surface area contributed by atoms with Crippen LogP contribution in [0, 0.1) is 6.92 Å². The summed E-state index contributed by atoms with van der Waals surface area (Å²) < 4.78 is 10.6. The Hall–Kier alpha value is -3.10. The molecule has 1 aromatic heterocycles. The molecule has 1 saturated heterocycles. The number of allylic oxidation sites excluding steroid dienone is 2. The van der Waals surface area contributed by atoms with Crippen molar-refractivity contribution in [1.29, 1.82) is 0 Å². The Morgan fingerprint density at radius 2 is 2.23 bits per heavy atom. The molecule has 3 amide bonds. The molecule has 1 aliphatic rings. The fraction of sp³-hybridized carbons (Fsp3) is 0.412. The van der Waals surface area contributed by atoms with Gasteiger partial charge in [-0.3, -0.25) is 10.1 Å². The molecule has 9 nitrogen and oxygen atoms in total. The average molecular weight is 361 g/mol. The summed E-state index contributed by atoms with van der Waals surface area (Å²) in [5, 5.41) is 8.71. The van der Waals surface area contributed by atoms with Gasteiger partial charge in [0.1, 0.15) is 11.5 Å². The van der Waals surface area contributed by atoms with Crippen LogP contribution in [-0.2, 0) is 16.0 Å². The molecule has 26 heavy (non-hydrogen) atoms. The second kappa shape index (κ2) is 9.40. The lowest BCUT2D eigenvalue weighted by Crippen LogP contribution is -2.22. The van der Waals surface area contributed by atoms with Gasteiger partial charge >= 0.3 is 12.1 Å². The summed E-state index contributed by atoms with van der Waals surface area (Å²) in [4.78, 5) is 26.9. The van der Waals surface area contributed by atoms with Crippen LogP contribution in [0.25, 0.3) is 0 Å². The quantitative estimate of drug-likeness (QED) is 0.224. The summed E-state index contributed by atoms with van der Waals surface area (Å²) in [5.41, 5.74) is 3.66. The standard InChI is InChI=1S/C17H23N5O4/c1-4-18-17(25-3)22-19-9-7-5-6-8-12-10-13(26-11(12)2)14-15(23)21-16(24)20-14/h5-6,9-10,14H,4,7-8H2,1-3H3,(H,18,22)(H2,20,21,23,24)/b6-5-,19-9+. The molecule has 0 saturated carbocycles. The molecule has 0 aromatic carbocycles. The summed E-state index contributed by atoms with van der Waals surface area (Å²) in [5.74, 6) is 0.744. The van der Waals surface area contributed by atoms with Crippen LogP contribution in [0.2, 0.25) is 0 Å². The number of methoxy groups -OCH3 is 1. The van der Waals surface area contributed by atoms with Crippen LogP contribution in [0.3, 0.4) is 0 Å². The van der Waals surface area contributed by atoms with E-state index in [4.69, 9.17) is 9.15 Å². The van der Waals surface area contributed by atoms with Crippen molar-refractivity contribution in [3.05, 3.63) is 35.3 Å². The van der Waals surface area contributed by atoms with E-state index in [-0.39, 0.29) is 0 Å². The molecule has 2 heterocycles. The summed E-state index contributed by atoms with van der Waals surface area (Å²) in [7, 11) is 1.53. The first kappa shape index (κ1) is 19.2. The Kier molecular flexibility index (Phi) is 6.95. The van der Waals surface area contributed by atoms with Gasteiger partial charge in [0.05, 0.1) is 7.11 Å². The van der Waals surface area contributed by atoms with Gasteiger partial charge in [-0.25, -0.2) is 15.2 Å². The maximum Gasteiger partial charge on any atom is 0.322 e. The number of nitrogens with zero attached hydrogens (tertiary/aromatic N) is 2. The van der Waals surface area contributed by atoms with E-state index in [1.165, 1.54) is 7.11 Å². The molecule has 1 aliphatic heterocycles. The van der Waals surface area contributed by atoms with Crippen molar-refractivity contribution in [2.45, 2.75) is 32.7 Å². The third-order valence-electron chi connectivity index (χ3n) is 3.59. The molecule has 140 valence electrons. The molecular formula is C17H23N5O4. The molecule has 0 aliphatic carbocycles. The minimum Gasteiger partial charge on any atom is -0.467 e. The van der Waals surface area contributed by atoms with Crippen LogP contribution in [0.4, 0.5) is 4.79 Å². The highest BCUT2D eigenvalue weighted by Gasteiger charge is 2.33. The number of carbonyl (C=O) groups excluding carboxylic acids is 2. The molecule has 1 fully saturated rings. The van der Waals surface area contributed by atoms with Crippen molar-refractivity contribution < 1.29 is 18.7 Å². The van der Waals surface area contributed by atoms with Crippen molar-refractivity contribution in [3.8, 4) is 0 Å². The average Bonchev–Trinajstić information content (AvgIpc) is 3.14. The van der Waals surface area contributed by atoms with E-state index < -0.39 is 18.0 Å². The summed E-state index contributed by atoms with van der Waals surface area (Å²) in [6, 6.07) is 0.885. The summed E-state index contributed by atoms with van der Waals surface area (Å²) in [6.45, 7) is 4.35. The lowest BCUT2D eigenvalue weighted by molar-refractivity contribution is -0.120. The fourth-order valence-electron chi connectivity index (χ4n) is 2.32. The number of hydrogen-bond donors (Lipinski definition) is 3. The number of nitrogens with one attached hydrogen (secondary N) is 3. The number of carbonyl (C=O) groups is 2. The third-order valence-corrected chi connectivity index (χ3v) is 3.59. The number of urea groups is 1. The second-order valence-electron chi connectivity index (χ2n) is 5.44. The van der Waals surface area contributed by atoms with E-state index in [0.29, 0.717) is 31.2 Å². The Bertz CT molecular complexity index is 736. The Morgan fingerprint density at radius 1 is 1.42 bits per heavy atom. The summed E-state index contributed by atoms with van der Waals surface area (Å²) >= 11 is 0. The third kappa shape index (κ3) is 5.20. The van der Waals surface area contributed by atoms with Crippen LogP contribution < -0.4 is 16.1 Å². The molecule has 0 radical (unpaired) electrons. The van der Waals surface area contributed by atoms with Gasteiger partial charge < -0.3 is 14.5 Å². The topological polar surface area (TPSA) is 117 Å². The minimum absolute atomic E-state index is 0.373. The molecule has 1 atom stereocenters. The number of aryl methyl sites for hydroxylation is 1. The Labute approximate surface area is 151 Å². The highest BCUT2D eigenvalue weighted by molar-refractivity contribution is 6.04. The van der Waals surface area contributed by atoms with Gasteiger partial charge in [-0.2, -0.15) is 5.10 Å². The van der Waals surface area contributed by atoms with E-state index in [9.17, 15) is 9.59 Å². The van der Waals surface area contributed by atoms with Crippen molar-refractivity contribution in [1.82, 2.24) is 16.1 Å². The van der Waals surface area contributed by atoms with E-state index in [1.54, 1.807) is 12.3 Å². The molecule has 2 rings (SSSR count). The molecule has 9 heteroatoms. The van der Waals surface area contributed by atoms with Gasteiger partial charge in [0, 0.05) is 19.2 Å². The maximum atomic E-state index is 11.7. The Balaban J connectivity index is 1.82. The van der Waals surface area contributed by atoms with Crippen LogP contribution in [0.1, 0.15) is 36.5 Å². The number of hydrogen-bond acceptors (Lipinski definition) is 6. The highest BCUT2D eigenvalue weighted by Crippen LogP contribution is 2.23. The van der Waals surface area contributed by atoms with Gasteiger partial charge in [-0.15, -0.1) is 0 Å². The number of amides is 3. The SMILES string of the molecule is CCN=C(N/N=C/C/C=C\Cc1cc(C2NC(=O)NC2=O)oc1C)OC. The molecule has 0 spiro atoms. The molecule has 3 N–H and O–H groups in total. The van der Waals surface area contributed by atoms with Crippen LogP contribution in [0.5, 0.6) is 0 Å². The first-order chi connectivity index (χ1) is 12.5. The first-order valence-electron chi connectivity index (χ1n) is 8.26. The van der Waals surface area contributed by atoms with Crippen LogP contribution in [-0.4, -0.2) is 37.8 Å². The predicted molar refractivity (Wildman–Crippen MR) is 96.9 cm³/mol. The maximum absolute atomic E-state index is 11.7. The second-order valence-corrected chi connectivity index (χ2v) is 5.44. The molecule has 0 bridgehead atoms. The predicted octanol–water partition coefficient (Wildman–Crippen LogP) is 1.56. The Morgan fingerprint density at radius 3 is 2.88 bits per heavy atom. The number of rotatable bonds is 7. The van der Waals surface area contributed by atoms with Crippen LogP contribution >= 0.6 is 0 Å². The highest BCUT2D eigenvalue weighted by atomic mass is 16.5. The minimum atomic E-state index is -0.767. The summed E-state index contributed by atoms with van der Waals surface area (Å²) in [6.07, 6.45) is 6.94. The van der Waals surface area contributed by atoms with Crippen molar-refractivity contribution in [3.63, 3.8) is 0 Å². The van der Waals surface area contributed by atoms with E-state index in [1.807, 2.05) is 26.0 Å².